The van der Waals surface area contributed by atoms with Crippen LogP contribution in [0, 0.1) is 0 Å². The van der Waals surface area contributed by atoms with Gasteiger partial charge in [0.25, 0.3) is 17.7 Å². The Morgan fingerprint density at radius 2 is 1.86 bits per heavy atom. The summed E-state index contributed by atoms with van der Waals surface area (Å²) in [5.41, 5.74) is 0.595. The molecule has 2 aliphatic heterocycles. The van der Waals surface area contributed by atoms with Crippen molar-refractivity contribution in [1.82, 2.24) is 4.90 Å². The smallest absolute Gasteiger partial charge is 0.296 e. The number of carbonyl (C=O) groups is 3. The van der Waals surface area contributed by atoms with Crippen molar-refractivity contribution < 1.29 is 19.5 Å². The summed E-state index contributed by atoms with van der Waals surface area (Å²) in [6.45, 7) is 0.0674. The lowest BCUT2D eigenvalue weighted by atomic mass is 10.2. The highest BCUT2D eigenvalue weighted by Crippen LogP contribution is 2.29. The van der Waals surface area contributed by atoms with Crippen molar-refractivity contribution in [2.45, 2.75) is 6.54 Å². The van der Waals surface area contributed by atoms with Crippen LogP contribution in [0.25, 0.3) is 0 Å². The zero-order chi connectivity index (χ0) is 15.0. The van der Waals surface area contributed by atoms with Gasteiger partial charge in [0.2, 0.25) is 0 Å². The molecule has 6 nitrogen and oxygen atoms in total. The fourth-order valence-electron chi connectivity index (χ4n) is 2.10. The molecule has 21 heavy (non-hydrogen) atoms. The van der Waals surface area contributed by atoms with Gasteiger partial charge < -0.3 is 5.11 Å². The van der Waals surface area contributed by atoms with Crippen LogP contribution in [0.5, 0.6) is 0 Å². The van der Waals surface area contributed by atoms with Gasteiger partial charge in [-0.25, -0.2) is 4.99 Å². The molecule has 0 fully saturated rings. The molecule has 0 atom stereocenters. The number of nitrogens with zero attached hydrogens (tertiary/aromatic N) is 2. The molecule has 3 rings (SSSR count). The molecule has 0 saturated carbocycles. The van der Waals surface area contributed by atoms with Crippen molar-refractivity contribution in [2.24, 2.45) is 4.99 Å². The Hall–Kier alpha value is -2.41. The van der Waals surface area contributed by atoms with Crippen molar-refractivity contribution in [3.05, 3.63) is 47.2 Å². The van der Waals surface area contributed by atoms with E-state index in [1.54, 1.807) is 24.3 Å². The highest BCUT2D eigenvalue weighted by Gasteiger charge is 2.42. The standard InChI is InChI=1S/C14H10N2O4S/c17-9-7-21-12(15-9)10-11(18)14(20)16(13(10)19)6-8-4-2-1-3-5-8/h1-5,18H,6-7H2. The topological polar surface area (TPSA) is 87.0 Å². The number of amides is 3. The summed E-state index contributed by atoms with van der Waals surface area (Å²) < 4.78 is 0. The lowest BCUT2D eigenvalue weighted by Crippen LogP contribution is -2.31. The molecule has 106 valence electrons. The van der Waals surface area contributed by atoms with Gasteiger partial charge in [-0.3, -0.25) is 19.3 Å². The number of rotatable bonds is 3. The van der Waals surface area contributed by atoms with Gasteiger partial charge in [0.1, 0.15) is 10.6 Å². The summed E-state index contributed by atoms with van der Waals surface area (Å²) in [5.74, 6) is -2.29. The molecule has 2 aliphatic rings. The Morgan fingerprint density at radius 1 is 1.14 bits per heavy atom. The predicted octanol–water partition coefficient (Wildman–Crippen LogP) is 1.04. The van der Waals surface area contributed by atoms with Crippen molar-refractivity contribution in [1.29, 1.82) is 0 Å². The highest BCUT2D eigenvalue weighted by molar-refractivity contribution is 8.15. The predicted molar refractivity (Wildman–Crippen MR) is 76.6 cm³/mol. The van der Waals surface area contributed by atoms with Gasteiger partial charge in [-0.15, -0.1) is 0 Å². The van der Waals surface area contributed by atoms with Gasteiger partial charge >= 0.3 is 0 Å². The third-order valence-corrected chi connectivity index (χ3v) is 4.06. The van der Waals surface area contributed by atoms with E-state index in [1.807, 2.05) is 6.07 Å². The monoisotopic (exact) mass is 302 g/mol. The molecule has 0 saturated heterocycles. The summed E-state index contributed by atoms with van der Waals surface area (Å²) in [6, 6.07) is 8.98. The lowest BCUT2D eigenvalue weighted by Gasteiger charge is -2.14. The first-order valence-corrected chi connectivity index (χ1v) is 7.14. The molecule has 0 aromatic heterocycles. The van der Waals surface area contributed by atoms with Crippen LogP contribution in [0.2, 0.25) is 0 Å². The molecule has 3 amide bonds. The zero-order valence-electron chi connectivity index (χ0n) is 10.8. The Bertz CT molecular complexity index is 709. The van der Waals surface area contributed by atoms with Crippen molar-refractivity contribution in [3.8, 4) is 0 Å². The van der Waals surface area contributed by atoms with Crippen LogP contribution >= 0.6 is 11.8 Å². The molecule has 0 spiro atoms. The highest BCUT2D eigenvalue weighted by atomic mass is 32.2. The number of aliphatic imine (C=N–C) groups is 1. The molecule has 0 unspecified atom stereocenters. The first kappa shape index (κ1) is 13.6. The average molecular weight is 302 g/mol. The second-order valence-corrected chi connectivity index (χ2v) is 5.47. The maximum absolute atomic E-state index is 12.3. The van der Waals surface area contributed by atoms with Crippen LogP contribution in [-0.2, 0) is 20.9 Å². The van der Waals surface area contributed by atoms with Crippen molar-refractivity contribution in [2.75, 3.05) is 5.75 Å². The molecule has 0 aliphatic carbocycles. The van der Waals surface area contributed by atoms with E-state index in [2.05, 4.69) is 4.99 Å². The van der Waals surface area contributed by atoms with E-state index in [4.69, 9.17) is 0 Å². The Kier molecular flexibility index (Phi) is 3.34. The Labute approximate surface area is 124 Å². The van der Waals surface area contributed by atoms with Gasteiger partial charge in [-0.2, -0.15) is 0 Å². The van der Waals surface area contributed by atoms with Crippen LogP contribution in [0.3, 0.4) is 0 Å². The number of hydrogen-bond acceptors (Lipinski definition) is 5. The first-order valence-electron chi connectivity index (χ1n) is 6.16. The molecule has 1 N–H and O–H groups in total. The van der Waals surface area contributed by atoms with E-state index in [9.17, 15) is 19.5 Å². The average Bonchev–Trinajstić information content (AvgIpc) is 2.98. The van der Waals surface area contributed by atoms with Crippen LogP contribution in [0.4, 0.5) is 0 Å². The van der Waals surface area contributed by atoms with Crippen molar-refractivity contribution in [3.63, 3.8) is 0 Å². The fourth-order valence-corrected chi connectivity index (χ4v) is 2.92. The number of carbonyl (C=O) groups excluding carboxylic acids is 3. The minimum Gasteiger partial charge on any atom is -0.502 e. The maximum Gasteiger partial charge on any atom is 0.296 e. The van der Waals surface area contributed by atoms with Crippen LogP contribution in [-0.4, -0.2) is 38.5 Å². The summed E-state index contributed by atoms with van der Waals surface area (Å²) in [6.07, 6.45) is 0. The largest absolute Gasteiger partial charge is 0.502 e. The molecular weight excluding hydrogens is 292 g/mol. The lowest BCUT2D eigenvalue weighted by molar-refractivity contribution is -0.139. The Balaban J connectivity index is 1.88. The summed E-state index contributed by atoms with van der Waals surface area (Å²) >= 11 is 1.05. The van der Waals surface area contributed by atoms with Gasteiger partial charge in [0, 0.05) is 0 Å². The van der Waals surface area contributed by atoms with E-state index >= 15 is 0 Å². The van der Waals surface area contributed by atoms with E-state index in [-0.39, 0.29) is 28.8 Å². The van der Waals surface area contributed by atoms with E-state index in [0.29, 0.717) is 0 Å². The quantitative estimate of drug-likeness (QED) is 0.843. The van der Waals surface area contributed by atoms with E-state index < -0.39 is 17.6 Å². The molecule has 2 heterocycles. The summed E-state index contributed by atoms with van der Waals surface area (Å²) in [4.78, 5) is 40.1. The number of benzene rings is 1. The first-order chi connectivity index (χ1) is 10.1. The summed E-state index contributed by atoms with van der Waals surface area (Å²) in [7, 11) is 0. The number of imide groups is 1. The summed E-state index contributed by atoms with van der Waals surface area (Å²) in [5, 5.41) is 10.0. The Morgan fingerprint density at radius 3 is 2.48 bits per heavy atom. The van der Waals surface area contributed by atoms with Gasteiger partial charge in [0.15, 0.2) is 5.76 Å². The molecule has 0 bridgehead atoms. The SMILES string of the molecule is O=C1CSC(C2=C(O)C(=O)N(Cc3ccccc3)C2=O)=N1. The zero-order valence-corrected chi connectivity index (χ0v) is 11.6. The number of thioether (sulfide) groups is 1. The number of hydrogen-bond donors (Lipinski definition) is 1. The van der Waals surface area contributed by atoms with Crippen LogP contribution < -0.4 is 0 Å². The molecule has 1 aromatic rings. The second-order valence-electron chi connectivity index (χ2n) is 4.51. The third-order valence-electron chi connectivity index (χ3n) is 3.10. The normalized spacial score (nSPS) is 18.8. The van der Waals surface area contributed by atoms with Gasteiger partial charge in [-0.1, -0.05) is 42.1 Å². The third kappa shape index (κ3) is 2.36. The van der Waals surface area contributed by atoms with E-state index in [0.717, 1.165) is 22.2 Å². The fraction of sp³-hybridized carbons (Fsp3) is 0.143. The molecular formula is C14H10N2O4S. The van der Waals surface area contributed by atoms with Crippen molar-refractivity contribution >= 4 is 34.5 Å². The maximum atomic E-state index is 12.3. The van der Waals surface area contributed by atoms with Crippen LogP contribution in [0.1, 0.15) is 5.56 Å². The molecule has 1 aromatic carbocycles. The van der Waals surface area contributed by atoms with Gasteiger partial charge in [0.05, 0.1) is 12.3 Å². The minimum atomic E-state index is -0.762. The molecule has 0 radical (unpaired) electrons. The van der Waals surface area contributed by atoms with Gasteiger partial charge in [-0.05, 0) is 5.56 Å². The second kappa shape index (κ2) is 5.17. The van der Waals surface area contributed by atoms with Crippen LogP contribution in [0.15, 0.2) is 46.7 Å². The minimum absolute atomic E-state index is 0.0674. The molecule has 7 heteroatoms. The number of aliphatic hydroxyl groups is 1. The van der Waals surface area contributed by atoms with E-state index in [1.165, 1.54) is 0 Å². The number of aliphatic hydroxyl groups excluding tert-OH is 1.